The number of rotatable bonds is 23. The summed E-state index contributed by atoms with van der Waals surface area (Å²) in [4.78, 5) is 88.1. The number of hydrogen-bond donors (Lipinski definition) is 11. The van der Waals surface area contributed by atoms with Gasteiger partial charge in [0, 0.05) is 0 Å². The number of unbranched alkanes of at least 4 members (excludes halogenated alkanes) is 1. The molecule has 18 heteroatoms. The molecule has 0 aliphatic rings. The highest BCUT2D eigenvalue weighted by molar-refractivity contribution is 5.96. The summed E-state index contributed by atoms with van der Waals surface area (Å²) < 4.78 is 0. The lowest BCUT2D eigenvalue weighted by Crippen LogP contribution is -2.60. The SMILES string of the molecule is CC(C)C[C@H](NC(=O)[C@H](CCCCN)NC(=O)CNC(=O)[C@H](CC(C)C)NC(=O)[C@H](C)NC(=O)[C@@H](NC(=O)[C@@H](N)CO)[C@@H](C)O)C(=O)O. The number of nitrogens with one attached hydrogen (secondary N) is 6. The van der Waals surface area contributed by atoms with E-state index in [1.165, 1.54) is 13.8 Å². The maximum absolute atomic E-state index is 13.1. The molecule has 0 saturated heterocycles. The van der Waals surface area contributed by atoms with Crippen molar-refractivity contribution in [1.82, 2.24) is 31.9 Å². The lowest BCUT2D eigenvalue weighted by atomic mass is 10.0. The maximum Gasteiger partial charge on any atom is 0.326 e. The molecular formula is C30H56N8O10. The Morgan fingerprint density at radius 2 is 1.23 bits per heavy atom. The average Bonchev–Trinajstić information content (AvgIpc) is 2.99. The van der Waals surface area contributed by atoms with Crippen LogP contribution in [-0.2, 0) is 33.6 Å². The molecule has 0 rings (SSSR count). The number of carbonyl (C=O) groups is 7. The fraction of sp³-hybridized carbons (Fsp3) is 0.767. The first-order valence-corrected chi connectivity index (χ1v) is 16.1. The van der Waals surface area contributed by atoms with Crippen molar-refractivity contribution >= 4 is 41.4 Å². The van der Waals surface area contributed by atoms with Gasteiger partial charge in [-0.05, 0) is 64.3 Å². The molecule has 6 amide bonds. The van der Waals surface area contributed by atoms with Crippen LogP contribution in [0, 0.1) is 11.8 Å². The predicted octanol–water partition coefficient (Wildman–Crippen LogP) is -3.45. The van der Waals surface area contributed by atoms with E-state index in [9.17, 15) is 43.8 Å². The normalized spacial score (nSPS) is 15.6. The lowest BCUT2D eigenvalue weighted by Gasteiger charge is -2.26. The van der Waals surface area contributed by atoms with Crippen molar-refractivity contribution in [3.63, 3.8) is 0 Å². The second-order valence-corrected chi connectivity index (χ2v) is 12.6. The third kappa shape index (κ3) is 17.3. The molecule has 0 saturated carbocycles. The van der Waals surface area contributed by atoms with Crippen LogP contribution in [0.5, 0.6) is 0 Å². The third-order valence-corrected chi connectivity index (χ3v) is 7.03. The van der Waals surface area contributed by atoms with Crippen LogP contribution in [0.15, 0.2) is 0 Å². The minimum Gasteiger partial charge on any atom is -0.480 e. The number of aliphatic hydroxyl groups is 2. The standard InChI is InChI=1S/C30H56N8O10/c1-15(2)11-21(36-25(42)17(5)34-29(46)24(18(6)40)38-26(43)19(32)14-39)27(44)33-13-23(41)35-20(9-7-8-10-31)28(45)37-22(30(47)48)12-16(3)4/h15-22,24,39-40H,7-14,31-32H2,1-6H3,(H,33,44)(H,34,46)(H,35,41)(H,36,42)(H,37,45)(H,38,43)(H,47,48)/t17-,18+,19-,20-,21-,22-,24-/m0/s1. The summed E-state index contributed by atoms with van der Waals surface area (Å²) in [6.07, 6.45) is 0.170. The highest BCUT2D eigenvalue weighted by Gasteiger charge is 2.32. The summed E-state index contributed by atoms with van der Waals surface area (Å²) in [5, 5.41) is 43.0. The van der Waals surface area contributed by atoms with Gasteiger partial charge >= 0.3 is 5.97 Å². The van der Waals surface area contributed by atoms with Crippen LogP contribution in [0.4, 0.5) is 0 Å². The van der Waals surface area contributed by atoms with Crippen molar-refractivity contribution in [2.45, 2.75) is 116 Å². The number of carboxylic acids is 1. The Hall–Kier alpha value is -3.87. The first kappa shape index (κ1) is 44.1. The van der Waals surface area contributed by atoms with E-state index in [2.05, 4.69) is 31.9 Å². The quantitative estimate of drug-likeness (QED) is 0.0467. The molecule has 48 heavy (non-hydrogen) atoms. The predicted molar refractivity (Wildman–Crippen MR) is 175 cm³/mol. The van der Waals surface area contributed by atoms with Gasteiger partial charge in [0.2, 0.25) is 35.4 Å². The van der Waals surface area contributed by atoms with Gasteiger partial charge in [0.25, 0.3) is 0 Å². The molecule has 0 radical (unpaired) electrons. The summed E-state index contributed by atoms with van der Waals surface area (Å²) in [7, 11) is 0. The highest BCUT2D eigenvalue weighted by Crippen LogP contribution is 2.08. The van der Waals surface area contributed by atoms with Crippen molar-refractivity contribution in [2.75, 3.05) is 19.7 Å². The Morgan fingerprint density at radius 3 is 1.73 bits per heavy atom. The number of carbonyl (C=O) groups excluding carboxylic acids is 6. The second-order valence-electron chi connectivity index (χ2n) is 12.6. The molecular weight excluding hydrogens is 632 g/mol. The van der Waals surface area contributed by atoms with E-state index in [0.29, 0.717) is 19.4 Å². The van der Waals surface area contributed by atoms with Gasteiger partial charge in [-0.25, -0.2) is 4.79 Å². The first-order valence-electron chi connectivity index (χ1n) is 16.1. The molecule has 7 atom stereocenters. The molecule has 0 bridgehead atoms. The molecule has 0 heterocycles. The second kappa shape index (κ2) is 22.7. The van der Waals surface area contributed by atoms with Crippen LogP contribution in [0.1, 0.15) is 73.6 Å². The van der Waals surface area contributed by atoms with E-state index in [-0.39, 0.29) is 31.1 Å². The smallest absolute Gasteiger partial charge is 0.326 e. The number of amides is 6. The van der Waals surface area contributed by atoms with E-state index in [0.717, 1.165) is 0 Å². The van der Waals surface area contributed by atoms with Gasteiger partial charge in [0.05, 0.1) is 19.3 Å². The number of aliphatic carboxylic acids is 1. The summed E-state index contributed by atoms with van der Waals surface area (Å²) in [5.41, 5.74) is 11.0. The molecule has 0 aromatic carbocycles. The zero-order valence-corrected chi connectivity index (χ0v) is 28.7. The van der Waals surface area contributed by atoms with Crippen LogP contribution in [-0.4, -0.2) is 119 Å². The Morgan fingerprint density at radius 1 is 0.667 bits per heavy atom. The summed E-state index contributed by atoms with van der Waals surface area (Å²) >= 11 is 0. The summed E-state index contributed by atoms with van der Waals surface area (Å²) in [5.74, 6) is -6.04. The van der Waals surface area contributed by atoms with Gasteiger partial charge in [-0.15, -0.1) is 0 Å². The van der Waals surface area contributed by atoms with Gasteiger partial charge in [-0.3, -0.25) is 28.8 Å². The number of hydrogen-bond acceptors (Lipinski definition) is 11. The van der Waals surface area contributed by atoms with Gasteiger partial charge in [0.15, 0.2) is 0 Å². The lowest BCUT2D eigenvalue weighted by molar-refractivity contribution is -0.142. The molecule has 276 valence electrons. The zero-order valence-electron chi connectivity index (χ0n) is 28.7. The number of aliphatic hydroxyl groups excluding tert-OH is 2. The third-order valence-electron chi connectivity index (χ3n) is 7.03. The molecule has 0 spiro atoms. The van der Waals surface area contributed by atoms with Crippen molar-refractivity contribution in [3.8, 4) is 0 Å². The largest absolute Gasteiger partial charge is 0.480 e. The molecule has 0 fully saturated rings. The molecule has 0 aliphatic heterocycles. The minimum atomic E-state index is -1.50. The van der Waals surface area contributed by atoms with Crippen LogP contribution in [0.2, 0.25) is 0 Å². The Bertz CT molecular complexity index is 1090. The van der Waals surface area contributed by atoms with E-state index in [4.69, 9.17) is 16.6 Å². The van der Waals surface area contributed by atoms with Crippen molar-refractivity contribution < 1.29 is 48.9 Å². The van der Waals surface area contributed by atoms with Crippen molar-refractivity contribution in [3.05, 3.63) is 0 Å². The van der Waals surface area contributed by atoms with Gasteiger partial charge in [0.1, 0.15) is 36.3 Å². The zero-order chi connectivity index (χ0) is 37.1. The fourth-order valence-corrected chi connectivity index (χ4v) is 4.38. The fourth-order valence-electron chi connectivity index (χ4n) is 4.38. The number of nitrogens with two attached hydrogens (primary N) is 2. The van der Waals surface area contributed by atoms with Crippen LogP contribution >= 0.6 is 0 Å². The highest BCUT2D eigenvalue weighted by atomic mass is 16.4. The minimum absolute atomic E-state index is 0.0175. The topological polar surface area (TPSA) is 304 Å². The number of carboxylic acid groups (broad SMARTS) is 1. The molecule has 18 nitrogen and oxygen atoms in total. The van der Waals surface area contributed by atoms with Crippen molar-refractivity contribution in [1.29, 1.82) is 0 Å². The Balaban J connectivity index is 5.47. The summed E-state index contributed by atoms with van der Waals surface area (Å²) in [6, 6.07) is -7.43. The van der Waals surface area contributed by atoms with E-state index >= 15 is 0 Å². The molecule has 13 N–H and O–H groups in total. The molecule has 0 aromatic heterocycles. The van der Waals surface area contributed by atoms with E-state index in [1.807, 2.05) is 13.8 Å². The molecule has 0 aromatic rings. The van der Waals surface area contributed by atoms with Gasteiger partial charge in [-0.1, -0.05) is 27.7 Å². The van der Waals surface area contributed by atoms with Crippen LogP contribution < -0.4 is 43.4 Å². The summed E-state index contributed by atoms with van der Waals surface area (Å²) in [6.45, 7) is 8.85. The Labute approximate surface area is 281 Å². The van der Waals surface area contributed by atoms with Crippen LogP contribution in [0.3, 0.4) is 0 Å². The molecule has 0 unspecified atom stereocenters. The Kier molecular flexibility index (Phi) is 20.8. The van der Waals surface area contributed by atoms with Gasteiger partial charge in [-0.2, -0.15) is 0 Å². The maximum atomic E-state index is 13.1. The first-order chi connectivity index (χ1) is 22.3. The van der Waals surface area contributed by atoms with Crippen LogP contribution in [0.25, 0.3) is 0 Å². The van der Waals surface area contributed by atoms with E-state index in [1.54, 1.807) is 13.8 Å². The van der Waals surface area contributed by atoms with E-state index < -0.39 is 96.9 Å². The van der Waals surface area contributed by atoms with Gasteiger partial charge < -0.3 is 58.7 Å². The molecule has 0 aliphatic carbocycles. The monoisotopic (exact) mass is 688 g/mol. The average molecular weight is 689 g/mol. The van der Waals surface area contributed by atoms with Crippen molar-refractivity contribution in [2.24, 2.45) is 23.3 Å².